The fourth-order valence-corrected chi connectivity index (χ4v) is 4.05. The van der Waals surface area contributed by atoms with E-state index >= 15 is 4.39 Å². The summed E-state index contributed by atoms with van der Waals surface area (Å²) in [6.07, 6.45) is 7.67. The number of aryl methyl sites for hydroxylation is 1. The molecule has 0 spiro atoms. The molecule has 0 saturated carbocycles. The van der Waals surface area contributed by atoms with Gasteiger partial charge < -0.3 is 15.4 Å². The van der Waals surface area contributed by atoms with Gasteiger partial charge in [0.15, 0.2) is 11.5 Å². The van der Waals surface area contributed by atoms with Crippen molar-refractivity contribution in [1.82, 2.24) is 34.9 Å². The quantitative estimate of drug-likeness (QED) is 0.391. The Bertz CT molecular complexity index is 1600. The van der Waals surface area contributed by atoms with Gasteiger partial charge in [-0.05, 0) is 55.3 Å². The van der Waals surface area contributed by atoms with Gasteiger partial charge in [0.25, 0.3) is 0 Å². The summed E-state index contributed by atoms with van der Waals surface area (Å²) >= 11 is 0. The van der Waals surface area contributed by atoms with Gasteiger partial charge in [-0.15, -0.1) is 0 Å². The molecule has 0 amide bonds. The minimum absolute atomic E-state index is 0.274. The number of halogens is 1. The van der Waals surface area contributed by atoms with Gasteiger partial charge in [-0.25, -0.2) is 28.8 Å². The van der Waals surface area contributed by atoms with E-state index in [1.54, 1.807) is 28.9 Å². The van der Waals surface area contributed by atoms with E-state index in [2.05, 4.69) is 36.8 Å². The van der Waals surface area contributed by atoms with Crippen LogP contribution in [0.15, 0.2) is 61.3 Å². The van der Waals surface area contributed by atoms with Gasteiger partial charge in [0.05, 0.1) is 16.9 Å². The summed E-state index contributed by atoms with van der Waals surface area (Å²) in [7, 11) is 0. The monoisotopic (exact) mass is 468 g/mol. The predicted octanol–water partition coefficient (Wildman–Crippen LogP) is 4.43. The van der Waals surface area contributed by atoms with Crippen LogP contribution in [0.4, 0.5) is 15.9 Å². The normalized spacial score (nSPS) is 13.7. The first-order valence-corrected chi connectivity index (χ1v) is 11.2. The van der Waals surface area contributed by atoms with Gasteiger partial charge in [0.2, 0.25) is 0 Å². The van der Waals surface area contributed by atoms with Gasteiger partial charge in [0, 0.05) is 24.9 Å². The van der Waals surface area contributed by atoms with Crippen molar-refractivity contribution in [3.8, 4) is 11.5 Å². The Labute approximate surface area is 199 Å². The van der Waals surface area contributed by atoms with E-state index < -0.39 is 5.82 Å². The number of aromatic nitrogens is 6. The molecule has 1 aliphatic heterocycles. The lowest BCUT2D eigenvalue weighted by Gasteiger charge is -2.15. The maximum Gasteiger partial charge on any atom is 0.160 e. The fourth-order valence-electron chi connectivity index (χ4n) is 4.05. The van der Waals surface area contributed by atoms with Crippen molar-refractivity contribution in [1.29, 1.82) is 0 Å². The third-order valence-electron chi connectivity index (χ3n) is 5.87. The van der Waals surface area contributed by atoms with Crippen molar-refractivity contribution in [2.45, 2.75) is 13.3 Å². The number of fused-ring (bicyclic) bond motifs is 2. The summed E-state index contributed by atoms with van der Waals surface area (Å²) in [5, 5.41) is 10.5. The van der Waals surface area contributed by atoms with Crippen molar-refractivity contribution in [3.63, 3.8) is 0 Å². The van der Waals surface area contributed by atoms with Crippen LogP contribution >= 0.6 is 0 Å². The predicted molar refractivity (Wildman–Crippen MR) is 130 cm³/mol. The molecule has 174 valence electrons. The lowest BCUT2D eigenvalue weighted by Crippen LogP contribution is -2.20. The number of pyridine rings is 2. The Morgan fingerprint density at radius 1 is 1.09 bits per heavy atom. The zero-order valence-electron chi connectivity index (χ0n) is 18.9. The summed E-state index contributed by atoms with van der Waals surface area (Å²) in [5.41, 5.74) is 4.99. The zero-order chi connectivity index (χ0) is 23.8. The number of benzene rings is 1. The maximum absolute atomic E-state index is 15.1. The first kappa shape index (κ1) is 21.1. The first-order valence-electron chi connectivity index (χ1n) is 11.2. The molecule has 6 rings (SSSR count). The highest BCUT2D eigenvalue weighted by molar-refractivity contribution is 5.88. The molecule has 10 heteroatoms. The van der Waals surface area contributed by atoms with Crippen molar-refractivity contribution >= 4 is 33.8 Å². The third-order valence-corrected chi connectivity index (χ3v) is 5.87. The van der Waals surface area contributed by atoms with Crippen LogP contribution in [0, 0.1) is 12.7 Å². The molecule has 0 atom stereocenters. The second kappa shape index (κ2) is 8.73. The Hall–Kier alpha value is -4.44. The summed E-state index contributed by atoms with van der Waals surface area (Å²) < 4.78 is 22.7. The second-order valence-electron chi connectivity index (χ2n) is 8.22. The van der Waals surface area contributed by atoms with E-state index in [1.807, 2.05) is 19.1 Å². The molecule has 0 bridgehead atoms. The minimum Gasteiger partial charge on any atom is -0.457 e. The number of hydrogen-bond donors (Lipinski definition) is 2. The lowest BCUT2D eigenvalue weighted by molar-refractivity contribution is 0.473. The van der Waals surface area contributed by atoms with Crippen LogP contribution in [-0.2, 0) is 0 Å². The van der Waals surface area contributed by atoms with Crippen molar-refractivity contribution < 1.29 is 9.13 Å². The number of hydrogen-bond acceptors (Lipinski definition) is 8. The Morgan fingerprint density at radius 2 is 2.03 bits per heavy atom. The largest absolute Gasteiger partial charge is 0.457 e. The molecule has 0 unspecified atom stereocenters. The molecular formula is C25H21FN8O. The standard InChI is InChI=1S/C25H21FN8O/c1-15-10-21(18(26)12-22(15)35-17-6-9-34-23(11-17)29-14-31-34)33-25-24-20(28-13-30-25)3-2-19(32-24)16-4-7-27-8-5-16/h2-4,6,9-14,27H,5,7-8H2,1H3,(H,28,30,33). The minimum atomic E-state index is -0.474. The molecule has 5 aromatic rings. The number of nitrogens with zero attached hydrogens (tertiary/aromatic N) is 6. The van der Waals surface area contributed by atoms with Crippen molar-refractivity contribution in [2.75, 3.05) is 18.4 Å². The Kier molecular flexibility index (Phi) is 5.27. The molecular weight excluding hydrogens is 447 g/mol. The van der Waals surface area contributed by atoms with E-state index in [0.29, 0.717) is 34.0 Å². The van der Waals surface area contributed by atoms with Gasteiger partial charge in [0.1, 0.15) is 35.5 Å². The van der Waals surface area contributed by atoms with Crippen LogP contribution in [0.25, 0.3) is 22.3 Å². The molecule has 35 heavy (non-hydrogen) atoms. The van der Waals surface area contributed by atoms with Crippen LogP contribution in [0.3, 0.4) is 0 Å². The van der Waals surface area contributed by atoms with E-state index in [0.717, 1.165) is 30.8 Å². The van der Waals surface area contributed by atoms with Crippen molar-refractivity contribution in [2.24, 2.45) is 0 Å². The van der Waals surface area contributed by atoms with Crippen molar-refractivity contribution in [3.05, 3.63) is 78.4 Å². The van der Waals surface area contributed by atoms with Crippen LogP contribution in [0.1, 0.15) is 17.7 Å². The molecule has 1 aromatic carbocycles. The molecule has 0 radical (unpaired) electrons. The molecule has 1 aliphatic rings. The molecule has 2 N–H and O–H groups in total. The second-order valence-corrected chi connectivity index (χ2v) is 8.22. The van der Waals surface area contributed by atoms with Gasteiger partial charge in [-0.1, -0.05) is 6.08 Å². The lowest BCUT2D eigenvalue weighted by atomic mass is 10.1. The summed E-state index contributed by atoms with van der Waals surface area (Å²) in [5.74, 6) is 0.913. The van der Waals surface area contributed by atoms with Gasteiger partial charge >= 0.3 is 0 Å². The summed E-state index contributed by atoms with van der Waals surface area (Å²) in [6.45, 7) is 3.58. The molecule has 9 nitrogen and oxygen atoms in total. The number of nitrogens with one attached hydrogen (secondary N) is 2. The zero-order valence-corrected chi connectivity index (χ0v) is 18.9. The summed E-state index contributed by atoms with van der Waals surface area (Å²) in [6, 6.07) is 10.4. The topological polar surface area (TPSA) is 102 Å². The highest BCUT2D eigenvalue weighted by Gasteiger charge is 2.15. The SMILES string of the molecule is Cc1cc(Nc2ncnc3ccc(C4=CCNCC4)nc23)c(F)cc1Oc1ccn2ncnc2c1. The molecule has 4 aromatic heterocycles. The molecule has 5 heterocycles. The average Bonchev–Trinajstić information content (AvgIpc) is 3.35. The third kappa shape index (κ3) is 4.15. The van der Waals surface area contributed by atoms with E-state index in [-0.39, 0.29) is 5.69 Å². The van der Waals surface area contributed by atoms with E-state index in [4.69, 9.17) is 9.72 Å². The Morgan fingerprint density at radius 3 is 2.91 bits per heavy atom. The first-order chi connectivity index (χ1) is 17.1. The molecule has 0 fully saturated rings. The van der Waals surface area contributed by atoms with Gasteiger partial charge in [-0.2, -0.15) is 5.10 Å². The number of rotatable bonds is 5. The van der Waals surface area contributed by atoms with Crippen LogP contribution in [0.2, 0.25) is 0 Å². The highest BCUT2D eigenvalue weighted by Crippen LogP contribution is 2.32. The average molecular weight is 468 g/mol. The van der Waals surface area contributed by atoms with Crippen LogP contribution in [-0.4, -0.2) is 42.6 Å². The van der Waals surface area contributed by atoms with Crippen LogP contribution in [0.5, 0.6) is 11.5 Å². The van der Waals surface area contributed by atoms with Crippen LogP contribution < -0.4 is 15.4 Å². The molecule has 0 aliphatic carbocycles. The van der Waals surface area contributed by atoms with E-state index in [9.17, 15) is 0 Å². The smallest absolute Gasteiger partial charge is 0.160 e. The fraction of sp³-hybridized carbons (Fsp3) is 0.160. The summed E-state index contributed by atoms with van der Waals surface area (Å²) in [4.78, 5) is 17.6. The van der Waals surface area contributed by atoms with Gasteiger partial charge in [-0.3, -0.25) is 0 Å². The number of anilines is 2. The highest BCUT2D eigenvalue weighted by atomic mass is 19.1. The Balaban J connectivity index is 1.31. The molecule has 0 saturated heterocycles. The van der Waals surface area contributed by atoms with E-state index in [1.165, 1.54) is 24.3 Å². The maximum atomic E-state index is 15.1. The number of ether oxygens (including phenoxy) is 1.